The molecule has 0 aliphatic carbocycles. The molecule has 0 fully saturated rings. The van der Waals surface area contributed by atoms with Gasteiger partial charge in [0.25, 0.3) is 0 Å². The molecule has 1 unspecified atom stereocenters. The van der Waals surface area contributed by atoms with Crippen molar-refractivity contribution in [3.05, 3.63) is 0 Å². The molecule has 0 bridgehead atoms. The molecule has 0 radical (unpaired) electrons. The number of primary amides is 1. The number of carbonyl (C=O) groups is 2. The lowest BCUT2D eigenvalue weighted by Crippen LogP contribution is -2.47. The molecule has 5 N–H and O–H groups in total. The van der Waals surface area contributed by atoms with Crippen LogP contribution in [0.25, 0.3) is 0 Å². The molecule has 0 aliphatic rings. The van der Waals surface area contributed by atoms with E-state index >= 15 is 0 Å². The Morgan fingerprint density at radius 1 is 1.47 bits per heavy atom. The van der Waals surface area contributed by atoms with Crippen molar-refractivity contribution in [2.45, 2.75) is 31.9 Å². The molecule has 88 valence electrons. The van der Waals surface area contributed by atoms with E-state index in [2.05, 4.69) is 5.32 Å². The third-order valence-corrected chi connectivity index (χ3v) is 2.00. The molecule has 0 aromatic rings. The molecule has 0 aromatic carbocycles. The molecule has 6 heteroatoms. The maximum Gasteiger partial charge on any atom is 0.237 e. The molecule has 6 nitrogen and oxygen atoms in total. The Hall–Kier alpha value is -1.14. The van der Waals surface area contributed by atoms with Gasteiger partial charge in [0.1, 0.15) is 0 Å². The van der Waals surface area contributed by atoms with Crippen molar-refractivity contribution in [3.8, 4) is 0 Å². The van der Waals surface area contributed by atoms with Crippen LogP contribution in [0, 0.1) is 0 Å². The van der Waals surface area contributed by atoms with Gasteiger partial charge < -0.3 is 21.5 Å². The number of ether oxygens (including phenoxy) is 1. The van der Waals surface area contributed by atoms with Gasteiger partial charge in [-0.3, -0.25) is 9.59 Å². The molecule has 0 spiro atoms. The van der Waals surface area contributed by atoms with Gasteiger partial charge in [-0.25, -0.2) is 0 Å². The quantitative estimate of drug-likeness (QED) is 0.515. The maximum atomic E-state index is 11.3. The zero-order valence-electron chi connectivity index (χ0n) is 9.37. The fraction of sp³-hybridized carbons (Fsp3) is 0.778. The molecule has 0 rings (SSSR count). The Morgan fingerprint density at radius 3 is 2.40 bits per heavy atom. The number of hydrogen-bond donors (Lipinski definition) is 3. The highest BCUT2D eigenvalue weighted by molar-refractivity contribution is 5.87. The van der Waals surface area contributed by atoms with Gasteiger partial charge in [-0.2, -0.15) is 0 Å². The average molecular weight is 217 g/mol. The predicted octanol–water partition coefficient (Wildman–Crippen LogP) is -1.27. The Morgan fingerprint density at radius 2 is 2.00 bits per heavy atom. The summed E-state index contributed by atoms with van der Waals surface area (Å²) in [6.45, 7) is 3.98. The van der Waals surface area contributed by atoms with Crippen molar-refractivity contribution in [2.75, 3.05) is 13.7 Å². The highest BCUT2D eigenvalue weighted by Crippen LogP contribution is 2.04. The zero-order chi connectivity index (χ0) is 12.1. The van der Waals surface area contributed by atoms with E-state index in [1.807, 2.05) is 13.8 Å². The third kappa shape index (κ3) is 6.03. The van der Waals surface area contributed by atoms with E-state index in [0.717, 1.165) is 0 Å². The molecular weight excluding hydrogens is 198 g/mol. The highest BCUT2D eigenvalue weighted by atomic mass is 16.5. The fourth-order valence-corrected chi connectivity index (χ4v) is 0.813. The summed E-state index contributed by atoms with van der Waals surface area (Å²) in [5.41, 5.74) is 9.89. The molecule has 0 saturated heterocycles. The molecule has 0 saturated carbocycles. The van der Waals surface area contributed by atoms with Gasteiger partial charge in [-0.15, -0.1) is 0 Å². The molecule has 0 heterocycles. The molecular formula is C9H19N3O3. The first-order valence-corrected chi connectivity index (χ1v) is 4.65. The minimum Gasteiger partial charge on any atom is -0.377 e. The number of nitrogens with one attached hydrogen (secondary N) is 1. The van der Waals surface area contributed by atoms with E-state index in [1.165, 1.54) is 0 Å². The number of rotatable bonds is 6. The summed E-state index contributed by atoms with van der Waals surface area (Å²) >= 11 is 0. The van der Waals surface area contributed by atoms with E-state index in [4.69, 9.17) is 16.2 Å². The van der Waals surface area contributed by atoms with Crippen LogP contribution in [-0.2, 0) is 14.3 Å². The van der Waals surface area contributed by atoms with Gasteiger partial charge in [0.2, 0.25) is 11.8 Å². The number of nitrogens with two attached hydrogens (primary N) is 2. The Kier molecular flexibility index (Phi) is 5.24. The molecule has 1 atom stereocenters. The van der Waals surface area contributed by atoms with Crippen molar-refractivity contribution >= 4 is 11.8 Å². The van der Waals surface area contributed by atoms with Crippen LogP contribution in [0.2, 0.25) is 0 Å². The summed E-state index contributed by atoms with van der Waals surface area (Å²) in [4.78, 5) is 21.9. The van der Waals surface area contributed by atoms with Gasteiger partial charge in [0.05, 0.1) is 18.1 Å². The van der Waals surface area contributed by atoms with Crippen molar-refractivity contribution in [2.24, 2.45) is 11.5 Å². The van der Waals surface area contributed by atoms with Crippen LogP contribution in [-0.4, -0.2) is 37.1 Å². The Balaban J connectivity index is 3.98. The maximum absolute atomic E-state index is 11.3. The van der Waals surface area contributed by atoms with E-state index < -0.39 is 23.5 Å². The smallest absolute Gasteiger partial charge is 0.237 e. The van der Waals surface area contributed by atoms with E-state index in [0.29, 0.717) is 6.54 Å². The summed E-state index contributed by atoms with van der Waals surface area (Å²) in [6, 6.07) is -0.893. The number of amides is 2. The first-order valence-electron chi connectivity index (χ1n) is 4.65. The van der Waals surface area contributed by atoms with Crippen LogP contribution in [0.3, 0.4) is 0 Å². The topological polar surface area (TPSA) is 107 Å². The second-order valence-electron chi connectivity index (χ2n) is 3.96. The largest absolute Gasteiger partial charge is 0.377 e. The van der Waals surface area contributed by atoms with Crippen LogP contribution in [0.1, 0.15) is 20.3 Å². The Bertz CT molecular complexity index is 241. The third-order valence-electron chi connectivity index (χ3n) is 2.00. The summed E-state index contributed by atoms with van der Waals surface area (Å²) < 4.78 is 5.10. The lowest BCUT2D eigenvalue weighted by Gasteiger charge is -2.23. The molecule has 15 heavy (non-hydrogen) atoms. The SMILES string of the molecule is COC(C)(C)CNC(=O)C(N)CC(N)=O. The van der Waals surface area contributed by atoms with Crippen molar-refractivity contribution in [3.63, 3.8) is 0 Å². The van der Waals surface area contributed by atoms with E-state index in [9.17, 15) is 9.59 Å². The lowest BCUT2D eigenvalue weighted by molar-refractivity contribution is -0.127. The second-order valence-corrected chi connectivity index (χ2v) is 3.96. The van der Waals surface area contributed by atoms with Crippen LogP contribution in [0.5, 0.6) is 0 Å². The number of methoxy groups -OCH3 is 1. The first-order chi connectivity index (χ1) is 6.78. The molecule has 2 amide bonds. The van der Waals surface area contributed by atoms with Gasteiger partial charge in [-0.05, 0) is 13.8 Å². The van der Waals surface area contributed by atoms with Crippen LogP contribution in [0.15, 0.2) is 0 Å². The van der Waals surface area contributed by atoms with E-state index in [-0.39, 0.29) is 6.42 Å². The summed E-state index contributed by atoms with van der Waals surface area (Å²) in [6.07, 6.45) is -0.154. The van der Waals surface area contributed by atoms with E-state index in [1.54, 1.807) is 7.11 Å². The average Bonchev–Trinajstić information content (AvgIpc) is 2.13. The predicted molar refractivity (Wildman–Crippen MR) is 55.9 cm³/mol. The van der Waals surface area contributed by atoms with Gasteiger partial charge in [-0.1, -0.05) is 0 Å². The summed E-state index contributed by atoms with van der Waals surface area (Å²) in [5, 5.41) is 2.58. The highest BCUT2D eigenvalue weighted by Gasteiger charge is 2.20. The molecule has 0 aromatic heterocycles. The normalized spacial score (nSPS) is 13.3. The minimum atomic E-state index is -0.893. The Labute approximate surface area is 89.3 Å². The van der Waals surface area contributed by atoms with Crippen LogP contribution >= 0.6 is 0 Å². The molecule has 0 aliphatic heterocycles. The summed E-state index contributed by atoms with van der Waals surface area (Å²) in [5.74, 6) is -0.998. The fourth-order valence-electron chi connectivity index (χ4n) is 0.813. The monoisotopic (exact) mass is 217 g/mol. The standard InChI is InChI=1S/C9H19N3O3/c1-9(2,15-3)5-12-8(14)6(10)4-7(11)13/h6H,4-5,10H2,1-3H3,(H2,11,13)(H,12,14). The number of hydrogen-bond acceptors (Lipinski definition) is 4. The van der Waals surface area contributed by atoms with Gasteiger partial charge in [0, 0.05) is 13.7 Å². The number of carbonyl (C=O) groups excluding carboxylic acids is 2. The van der Waals surface area contributed by atoms with Gasteiger partial charge >= 0.3 is 0 Å². The van der Waals surface area contributed by atoms with Crippen LogP contribution < -0.4 is 16.8 Å². The lowest BCUT2D eigenvalue weighted by atomic mass is 10.1. The summed E-state index contributed by atoms with van der Waals surface area (Å²) in [7, 11) is 1.55. The second kappa shape index (κ2) is 5.67. The van der Waals surface area contributed by atoms with Crippen molar-refractivity contribution in [1.82, 2.24) is 5.32 Å². The van der Waals surface area contributed by atoms with Crippen molar-refractivity contribution in [1.29, 1.82) is 0 Å². The van der Waals surface area contributed by atoms with Crippen molar-refractivity contribution < 1.29 is 14.3 Å². The first kappa shape index (κ1) is 13.9. The zero-order valence-corrected chi connectivity index (χ0v) is 9.37. The van der Waals surface area contributed by atoms with Gasteiger partial charge in [0.15, 0.2) is 0 Å². The minimum absolute atomic E-state index is 0.154. The van der Waals surface area contributed by atoms with Crippen LogP contribution in [0.4, 0.5) is 0 Å².